The molecule has 1 amide bonds. The second kappa shape index (κ2) is 9.66. The molecule has 1 saturated heterocycles. The molecule has 0 spiro atoms. The summed E-state index contributed by atoms with van der Waals surface area (Å²) in [6.07, 6.45) is -2.75. The zero-order valence-electron chi connectivity index (χ0n) is 16.6. The lowest BCUT2D eigenvalue weighted by molar-refractivity contribution is -0.137. The zero-order chi connectivity index (χ0) is 21.7. The van der Waals surface area contributed by atoms with Crippen molar-refractivity contribution in [2.45, 2.75) is 32.1 Å². The Bertz CT molecular complexity index is 860. The molecule has 162 valence electrons. The first kappa shape index (κ1) is 22.4. The number of aromatic nitrogens is 1. The van der Waals surface area contributed by atoms with Crippen LogP contribution in [0.5, 0.6) is 0 Å². The van der Waals surface area contributed by atoms with E-state index in [4.69, 9.17) is 11.6 Å². The number of rotatable bonds is 5. The zero-order valence-corrected chi connectivity index (χ0v) is 17.4. The van der Waals surface area contributed by atoms with E-state index in [0.717, 1.165) is 30.8 Å². The first-order valence-electron chi connectivity index (χ1n) is 9.79. The predicted octanol–water partition coefficient (Wildman–Crippen LogP) is 3.97. The number of hydrogen-bond acceptors (Lipinski definition) is 4. The highest BCUT2D eigenvalue weighted by atomic mass is 35.5. The number of benzene rings is 1. The molecule has 2 heterocycles. The summed E-state index contributed by atoms with van der Waals surface area (Å²) in [5, 5.41) is 3.53. The molecule has 0 saturated carbocycles. The lowest BCUT2D eigenvalue weighted by Gasteiger charge is -2.27. The fourth-order valence-electron chi connectivity index (χ4n) is 3.43. The first-order chi connectivity index (χ1) is 14.3. The minimum absolute atomic E-state index is 0.0870. The van der Waals surface area contributed by atoms with E-state index >= 15 is 0 Å². The van der Waals surface area contributed by atoms with E-state index in [2.05, 4.69) is 15.2 Å². The molecule has 3 rings (SSSR count). The summed E-state index contributed by atoms with van der Waals surface area (Å²) in [5.41, 5.74) is 0.0987. The first-order valence-corrected chi connectivity index (χ1v) is 10.2. The van der Waals surface area contributed by atoms with Crippen molar-refractivity contribution in [3.8, 4) is 0 Å². The Balaban J connectivity index is 1.55. The van der Waals surface area contributed by atoms with Crippen molar-refractivity contribution in [2.24, 2.45) is 0 Å². The van der Waals surface area contributed by atoms with Crippen LogP contribution in [0, 0.1) is 0 Å². The van der Waals surface area contributed by atoms with E-state index in [1.807, 2.05) is 30.0 Å². The van der Waals surface area contributed by atoms with Gasteiger partial charge in [-0.25, -0.2) is 4.98 Å². The van der Waals surface area contributed by atoms with E-state index in [1.54, 1.807) is 6.07 Å². The number of amides is 1. The fourth-order valence-corrected chi connectivity index (χ4v) is 3.63. The maximum absolute atomic E-state index is 12.7. The monoisotopic (exact) mass is 440 g/mol. The van der Waals surface area contributed by atoms with Gasteiger partial charge in [-0.2, -0.15) is 13.2 Å². The number of halogens is 4. The molecule has 1 aromatic carbocycles. The lowest BCUT2D eigenvalue weighted by atomic mass is 10.2. The third-order valence-corrected chi connectivity index (χ3v) is 5.64. The summed E-state index contributed by atoms with van der Waals surface area (Å²) >= 11 is 6.13. The van der Waals surface area contributed by atoms with Gasteiger partial charge in [0.2, 0.25) is 5.91 Å². The van der Waals surface area contributed by atoms with Crippen molar-refractivity contribution in [1.82, 2.24) is 15.2 Å². The van der Waals surface area contributed by atoms with E-state index < -0.39 is 11.7 Å². The highest BCUT2D eigenvalue weighted by Gasteiger charge is 2.31. The molecule has 5 nitrogen and oxygen atoms in total. The fraction of sp³-hybridized carbons (Fsp3) is 0.429. The number of carbonyl (C=O) groups is 1. The van der Waals surface area contributed by atoms with E-state index in [-0.39, 0.29) is 11.9 Å². The predicted molar refractivity (Wildman–Crippen MR) is 110 cm³/mol. The van der Waals surface area contributed by atoms with Gasteiger partial charge in [0.15, 0.2) is 0 Å². The van der Waals surface area contributed by atoms with Crippen LogP contribution in [0.2, 0.25) is 5.02 Å². The van der Waals surface area contributed by atoms with Crippen molar-refractivity contribution in [1.29, 1.82) is 0 Å². The summed E-state index contributed by atoms with van der Waals surface area (Å²) in [6.45, 7) is 4.80. The Hall–Kier alpha value is -2.32. The second-order valence-corrected chi connectivity index (χ2v) is 7.67. The van der Waals surface area contributed by atoms with Crippen LogP contribution in [0.25, 0.3) is 0 Å². The van der Waals surface area contributed by atoms with Gasteiger partial charge in [0, 0.05) is 43.9 Å². The van der Waals surface area contributed by atoms with Gasteiger partial charge < -0.3 is 10.2 Å². The number of hydrogen-bond donors (Lipinski definition) is 1. The van der Waals surface area contributed by atoms with Gasteiger partial charge in [-0.3, -0.25) is 9.69 Å². The number of nitrogens with one attached hydrogen (secondary N) is 1. The average Bonchev–Trinajstić information content (AvgIpc) is 2.98. The largest absolute Gasteiger partial charge is 0.417 e. The number of carbonyl (C=O) groups excluding carboxylic acids is 1. The van der Waals surface area contributed by atoms with Crippen LogP contribution in [0.1, 0.15) is 24.5 Å². The minimum Gasteiger partial charge on any atom is -0.355 e. The average molecular weight is 441 g/mol. The molecule has 30 heavy (non-hydrogen) atoms. The van der Waals surface area contributed by atoms with Gasteiger partial charge in [0.25, 0.3) is 0 Å². The topological polar surface area (TPSA) is 48.5 Å². The molecule has 0 bridgehead atoms. The molecule has 1 aliphatic rings. The number of nitrogens with zero attached hydrogens (tertiary/aromatic N) is 3. The Kier molecular flexibility index (Phi) is 7.20. The SMILES string of the molecule is CC(C(=O)NCc1ccccc1Cl)N1CCCN(c2ccc(C(F)(F)F)cn2)CC1. The highest BCUT2D eigenvalue weighted by Crippen LogP contribution is 2.29. The lowest BCUT2D eigenvalue weighted by Crippen LogP contribution is -2.46. The molecule has 2 aromatic rings. The van der Waals surface area contributed by atoms with Crippen LogP contribution in [-0.4, -0.2) is 48.0 Å². The smallest absolute Gasteiger partial charge is 0.355 e. The van der Waals surface area contributed by atoms with Gasteiger partial charge >= 0.3 is 6.18 Å². The van der Waals surface area contributed by atoms with E-state index in [0.29, 0.717) is 37.0 Å². The normalized spacial score (nSPS) is 16.8. The van der Waals surface area contributed by atoms with Crippen molar-refractivity contribution in [3.05, 3.63) is 58.7 Å². The molecule has 1 unspecified atom stereocenters. The molecular weight excluding hydrogens is 417 g/mol. The number of pyridine rings is 1. The summed E-state index contributed by atoms with van der Waals surface area (Å²) in [4.78, 5) is 20.6. The Morgan fingerprint density at radius 1 is 1.17 bits per heavy atom. The number of anilines is 1. The van der Waals surface area contributed by atoms with Gasteiger partial charge in [-0.1, -0.05) is 29.8 Å². The Labute approximate surface area is 178 Å². The van der Waals surface area contributed by atoms with E-state index in [9.17, 15) is 18.0 Å². The summed E-state index contributed by atoms with van der Waals surface area (Å²) in [7, 11) is 0. The molecule has 0 radical (unpaired) electrons. The molecule has 1 atom stereocenters. The van der Waals surface area contributed by atoms with Crippen LogP contribution in [-0.2, 0) is 17.5 Å². The molecule has 1 fully saturated rings. The molecule has 9 heteroatoms. The highest BCUT2D eigenvalue weighted by molar-refractivity contribution is 6.31. The standard InChI is InChI=1S/C21H24ClF3N4O/c1-15(20(30)27-13-16-5-2-3-6-18(16)22)28-9-4-10-29(12-11-28)19-8-7-17(14-26-19)21(23,24)25/h2-3,5-8,14-15H,4,9-13H2,1H3,(H,27,30). The maximum atomic E-state index is 12.7. The van der Waals surface area contributed by atoms with Gasteiger partial charge in [-0.15, -0.1) is 0 Å². The Morgan fingerprint density at radius 3 is 2.60 bits per heavy atom. The third kappa shape index (κ3) is 5.64. The van der Waals surface area contributed by atoms with Crippen molar-refractivity contribution in [2.75, 3.05) is 31.1 Å². The van der Waals surface area contributed by atoms with Crippen LogP contribution in [0.15, 0.2) is 42.6 Å². The summed E-state index contributed by atoms with van der Waals surface area (Å²) in [5.74, 6) is 0.427. The van der Waals surface area contributed by atoms with Crippen LogP contribution in [0.4, 0.5) is 19.0 Å². The molecule has 1 N–H and O–H groups in total. The van der Waals surface area contributed by atoms with Gasteiger partial charge in [-0.05, 0) is 37.1 Å². The third-order valence-electron chi connectivity index (χ3n) is 5.27. The minimum atomic E-state index is -4.39. The molecule has 0 aliphatic carbocycles. The molecule has 1 aromatic heterocycles. The van der Waals surface area contributed by atoms with Crippen molar-refractivity contribution < 1.29 is 18.0 Å². The Morgan fingerprint density at radius 2 is 1.93 bits per heavy atom. The van der Waals surface area contributed by atoms with E-state index in [1.165, 1.54) is 6.07 Å². The second-order valence-electron chi connectivity index (χ2n) is 7.26. The van der Waals surface area contributed by atoms with Crippen molar-refractivity contribution >= 4 is 23.3 Å². The molecule has 1 aliphatic heterocycles. The summed E-state index contributed by atoms with van der Waals surface area (Å²) < 4.78 is 38.2. The van der Waals surface area contributed by atoms with Crippen LogP contribution < -0.4 is 10.2 Å². The maximum Gasteiger partial charge on any atom is 0.417 e. The molecular formula is C21H24ClF3N4O. The van der Waals surface area contributed by atoms with Gasteiger partial charge in [0.1, 0.15) is 5.82 Å². The van der Waals surface area contributed by atoms with Crippen molar-refractivity contribution in [3.63, 3.8) is 0 Å². The number of alkyl halides is 3. The quantitative estimate of drug-likeness (QED) is 0.764. The van der Waals surface area contributed by atoms with Crippen LogP contribution >= 0.6 is 11.6 Å². The van der Waals surface area contributed by atoms with Gasteiger partial charge in [0.05, 0.1) is 11.6 Å². The van der Waals surface area contributed by atoms with Crippen LogP contribution in [0.3, 0.4) is 0 Å². The summed E-state index contributed by atoms with van der Waals surface area (Å²) in [6, 6.07) is 9.49.